The summed E-state index contributed by atoms with van der Waals surface area (Å²) in [6, 6.07) is 16.2. The number of benzene rings is 3. The molecular weight excluding hydrogens is 469 g/mol. The number of ether oxygens (including phenoxy) is 1. The highest BCUT2D eigenvalue weighted by atomic mass is 19.2. The first-order chi connectivity index (χ1) is 18.0. The molecule has 0 N–H and O–H groups in total. The summed E-state index contributed by atoms with van der Waals surface area (Å²) < 4.78 is 49.8. The van der Waals surface area contributed by atoms with E-state index in [1.54, 1.807) is 18.2 Å². The average molecular weight is 507 g/mol. The third-order valence-electron chi connectivity index (χ3n) is 7.49. The monoisotopic (exact) mass is 506 g/mol. The van der Waals surface area contributed by atoms with Crippen LogP contribution in [0.2, 0.25) is 0 Å². The Morgan fingerprint density at radius 3 is 2.27 bits per heavy atom. The second-order valence-electron chi connectivity index (χ2n) is 10.1. The predicted octanol–water partition coefficient (Wildman–Crippen LogP) is 9.89. The fourth-order valence-electron chi connectivity index (χ4n) is 5.30. The van der Waals surface area contributed by atoms with Crippen LogP contribution < -0.4 is 4.74 Å². The molecule has 1 aliphatic rings. The van der Waals surface area contributed by atoms with Crippen molar-refractivity contribution >= 4 is 6.08 Å². The van der Waals surface area contributed by atoms with Crippen molar-refractivity contribution in [2.75, 3.05) is 6.61 Å². The van der Waals surface area contributed by atoms with Crippen molar-refractivity contribution in [3.05, 3.63) is 94.8 Å². The highest BCUT2D eigenvalue weighted by Crippen LogP contribution is 2.38. The number of unbranched alkanes of at least 4 members (excludes halogenated alkanes) is 2. The normalized spacial score (nSPS) is 17.9. The summed E-state index contributed by atoms with van der Waals surface area (Å²) in [5, 5.41) is 0. The van der Waals surface area contributed by atoms with Gasteiger partial charge in [0.25, 0.3) is 0 Å². The van der Waals surface area contributed by atoms with E-state index < -0.39 is 11.6 Å². The van der Waals surface area contributed by atoms with Crippen LogP contribution in [0.1, 0.15) is 81.4 Å². The molecule has 0 aromatic heterocycles. The van der Waals surface area contributed by atoms with Crippen LogP contribution in [0.4, 0.5) is 13.2 Å². The van der Waals surface area contributed by atoms with Gasteiger partial charge >= 0.3 is 0 Å². The van der Waals surface area contributed by atoms with Crippen LogP contribution in [0, 0.1) is 23.4 Å². The van der Waals surface area contributed by atoms with Gasteiger partial charge in [-0.15, -0.1) is 0 Å². The highest BCUT2D eigenvalue weighted by molar-refractivity contribution is 5.67. The Kier molecular flexibility index (Phi) is 9.49. The van der Waals surface area contributed by atoms with E-state index in [0.717, 1.165) is 44.1 Å². The van der Waals surface area contributed by atoms with Crippen molar-refractivity contribution in [3.63, 3.8) is 0 Å². The topological polar surface area (TPSA) is 9.23 Å². The minimum Gasteiger partial charge on any atom is -0.494 e. The van der Waals surface area contributed by atoms with Crippen molar-refractivity contribution in [3.8, 4) is 16.9 Å². The first-order valence-electron chi connectivity index (χ1n) is 13.7. The molecule has 0 spiro atoms. The first-order valence-corrected chi connectivity index (χ1v) is 13.7. The fraction of sp³-hybridized carbons (Fsp3) is 0.394. The molecule has 0 amide bonds. The fourth-order valence-corrected chi connectivity index (χ4v) is 5.30. The SMILES string of the molecule is CCCCCc1ccc(-c2ccc(/C=C/C3CCC(c4ccc(OCC)cc4F)CC3)c(F)c2F)cc1. The number of halogens is 3. The Labute approximate surface area is 219 Å². The second kappa shape index (κ2) is 13.0. The number of aryl methyl sites for hydroxylation is 1. The zero-order valence-electron chi connectivity index (χ0n) is 21.9. The van der Waals surface area contributed by atoms with Crippen molar-refractivity contribution in [2.24, 2.45) is 5.92 Å². The highest BCUT2D eigenvalue weighted by Gasteiger charge is 2.23. The van der Waals surface area contributed by atoms with Gasteiger partial charge in [0.05, 0.1) is 6.61 Å². The minimum absolute atomic E-state index is 0.173. The smallest absolute Gasteiger partial charge is 0.167 e. The lowest BCUT2D eigenvalue weighted by Crippen LogP contribution is -2.13. The standard InChI is InChI=1S/C33H37F3O/c1-3-5-6-7-23-8-15-26(16-9-23)30-20-18-27(32(35)33(30)36)17-12-24-10-13-25(14-11-24)29-21-19-28(37-4-2)22-31(29)34/h8-9,12,15-22,24-25H,3-7,10-11,13-14H2,1-2H3/b17-12+. The molecule has 1 fully saturated rings. The van der Waals surface area contributed by atoms with Gasteiger partial charge in [0.15, 0.2) is 11.6 Å². The Hall–Kier alpha value is -3.01. The van der Waals surface area contributed by atoms with Crippen LogP contribution in [0.25, 0.3) is 17.2 Å². The molecule has 0 bridgehead atoms. The molecule has 0 heterocycles. The Balaban J connectivity index is 1.37. The van der Waals surface area contributed by atoms with E-state index in [0.29, 0.717) is 17.9 Å². The maximum Gasteiger partial charge on any atom is 0.167 e. The van der Waals surface area contributed by atoms with E-state index in [1.165, 1.54) is 24.5 Å². The van der Waals surface area contributed by atoms with Crippen molar-refractivity contribution in [1.82, 2.24) is 0 Å². The summed E-state index contributed by atoms with van der Waals surface area (Å²) in [4.78, 5) is 0. The predicted molar refractivity (Wildman–Crippen MR) is 146 cm³/mol. The number of allylic oxidation sites excluding steroid dienone is 1. The maximum absolute atomic E-state index is 15.0. The van der Waals surface area contributed by atoms with Gasteiger partial charge in [-0.05, 0) is 80.0 Å². The molecule has 0 saturated heterocycles. The summed E-state index contributed by atoms with van der Waals surface area (Å²) in [7, 11) is 0. The summed E-state index contributed by atoms with van der Waals surface area (Å²) in [6.45, 7) is 4.56. The molecule has 4 rings (SSSR count). The summed E-state index contributed by atoms with van der Waals surface area (Å²) in [5.74, 6) is -0.841. The molecule has 4 heteroatoms. The van der Waals surface area contributed by atoms with Crippen molar-refractivity contribution in [1.29, 1.82) is 0 Å². The van der Waals surface area contributed by atoms with Crippen LogP contribution in [-0.4, -0.2) is 6.61 Å². The Morgan fingerprint density at radius 2 is 1.59 bits per heavy atom. The van der Waals surface area contributed by atoms with Crippen LogP contribution >= 0.6 is 0 Å². The van der Waals surface area contributed by atoms with Gasteiger partial charge < -0.3 is 4.74 Å². The molecule has 3 aromatic rings. The van der Waals surface area contributed by atoms with Gasteiger partial charge in [0.1, 0.15) is 11.6 Å². The molecule has 1 saturated carbocycles. The summed E-state index contributed by atoms with van der Waals surface area (Å²) >= 11 is 0. The van der Waals surface area contributed by atoms with E-state index in [2.05, 4.69) is 6.92 Å². The van der Waals surface area contributed by atoms with Gasteiger partial charge in [-0.2, -0.15) is 0 Å². The molecule has 1 aliphatic carbocycles. The van der Waals surface area contributed by atoms with Crippen molar-refractivity contribution in [2.45, 2.75) is 71.1 Å². The molecule has 0 radical (unpaired) electrons. The molecule has 0 unspecified atom stereocenters. The largest absolute Gasteiger partial charge is 0.494 e. The number of hydrogen-bond donors (Lipinski definition) is 0. The van der Waals surface area contributed by atoms with E-state index >= 15 is 0 Å². The molecule has 0 atom stereocenters. The number of hydrogen-bond acceptors (Lipinski definition) is 1. The second-order valence-corrected chi connectivity index (χ2v) is 10.1. The van der Waals surface area contributed by atoms with Gasteiger partial charge in [-0.3, -0.25) is 0 Å². The Bertz CT molecular complexity index is 1190. The van der Waals surface area contributed by atoms with Gasteiger partial charge in [0, 0.05) is 17.2 Å². The minimum atomic E-state index is -0.814. The lowest BCUT2D eigenvalue weighted by atomic mass is 9.78. The van der Waals surface area contributed by atoms with E-state index in [1.807, 2.05) is 49.4 Å². The summed E-state index contributed by atoms with van der Waals surface area (Å²) in [6.07, 6.45) is 11.7. The van der Waals surface area contributed by atoms with Crippen LogP contribution in [0.15, 0.2) is 60.7 Å². The zero-order chi connectivity index (χ0) is 26.2. The molecule has 3 aromatic carbocycles. The lowest BCUT2D eigenvalue weighted by molar-refractivity contribution is 0.336. The van der Waals surface area contributed by atoms with E-state index in [9.17, 15) is 13.2 Å². The van der Waals surface area contributed by atoms with Gasteiger partial charge in [0.2, 0.25) is 0 Å². The molecular formula is C33H37F3O. The maximum atomic E-state index is 15.0. The zero-order valence-corrected chi connectivity index (χ0v) is 21.9. The van der Waals surface area contributed by atoms with Gasteiger partial charge in [-0.25, -0.2) is 13.2 Å². The van der Waals surface area contributed by atoms with Crippen LogP contribution in [0.3, 0.4) is 0 Å². The third-order valence-corrected chi connectivity index (χ3v) is 7.49. The number of rotatable bonds is 10. The van der Waals surface area contributed by atoms with Crippen LogP contribution in [-0.2, 0) is 6.42 Å². The quantitative estimate of drug-likeness (QED) is 0.249. The van der Waals surface area contributed by atoms with Gasteiger partial charge in [-0.1, -0.05) is 74.4 Å². The summed E-state index contributed by atoms with van der Waals surface area (Å²) in [5.41, 5.74) is 3.19. The molecule has 37 heavy (non-hydrogen) atoms. The molecule has 1 nitrogen and oxygen atoms in total. The first kappa shape index (κ1) is 27.0. The van der Waals surface area contributed by atoms with Crippen molar-refractivity contribution < 1.29 is 17.9 Å². The molecule has 0 aliphatic heterocycles. The van der Waals surface area contributed by atoms with Crippen LogP contribution in [0.5, 0.6) is 5.75 Å². The molecule has 196 valence electrons. The third kappa shape index (κ3) is 6.85. The van der Waals surface area contributed by atoms with E-state index in [-0.39, 0.29) is 28.8 Å². The lowest BCUT2D eigenvalue weighted by Gasteiger charge is -2.27. The Morgan fingerprint density at radius 1 is 0.838 bits per heavy atom. The van der Waals surface area contributed by atoms with E-state index in [4.69, 9.17) is 4.74 Å². The average Bonchev–Trinajstić information content (AvgIpc) is 2.91.